The number of methoxy groups -OCH3 is 2. The molecule has 0 bridgehead atoms. The summed E-state index contributed by atoms with van der Waals surface area (Å²) in [4.78, 5) is 37.7. The fourth-order valence-corrected chi connectivity index (χ4v) is 3.98. The first kappa shape index (κ1) is 23.6. The minimum Gasteiger partial charge on any atom is -0.493 e. The molecular formula is C28H23N5O4. The summed E-state index contributed by atoms with van der Waals surface area (Å²) in [6, 6.07) is 17.1. The molecule has 5 rings (SSSR count). The molecule has 0 atom stereocenters. The van der Waals surface area contributed by atoms with E-state index in [1.807, 2.05) is 18.2 Å². The molecule has 0 aliphatic carbocycles. The number of fused-ring (bicyclic) bond motifs is 1. The van der Waals surface area contributed by atoms with Crippen molar-refractivity contribution in [3.05, 3.63) is 96.6 Å². The number of anilines is 2. The number of pyridine rings is 2. The number of rotatable bonds is 7. The van der Waals surface area contributed by atoms with Crippen LogP contribution in [0.4, 0.5) is 16.2 Å². The largest absolute Gasteiger partial charge is 0.493 e. The quantitative estimate of drug-likeness (QED) is 0.257. The van der Waals surface area contributed by atoms with Gasteiger partial charge in [-0.2, -0.15) is 0 Å². The van der Waals surface area contributed by atoms with E-state index in [9.17, 15) is 9.59 Å². The number of amides is 2. The summed E-state index contributed by atoms with van der Waals surface area (Å²) in [5.74, 6) is 0.854. The van der Waals surface area contributed by atoms with Crippen LogP contribution in [0.3, 0.4) is 0 Å². The number of ketones is 1. The first-order valence-electron chi connectivity index (χ1n) is 11.4. The van der Waals surface area contributed by atoms with E-state index in [1.165, 1.54) is 7.11 Å². The van der Waals surface area contributed by atoms with Crippen LogP contribution in [0.1, 0.15) is 15.9 Å². The van der Waals surface area contributed by atoms with Crippen molar-refractivity contribution >= 4 is 34.2 Å². The van der Waals surface area contributed by atoms with E-state index in [0.717, 1.165) is 11.1 Å². The Morgan fingerprint density at radius 1 is 0.838 bits per heavy atom. The molecule has 0 saturated heterocycles. The molecule has 0 fully saturated rings. The van der Waals surface area contributed by atoms with Crippen molar-refractivity contribution in [2.24, 2.45) is 0 Å². The van der Waals surface area contributed by atoms with Crippen LogP contribution in [0.2, 0.25) is 0 Å². The molecule has 9 heteroatoms. The summed E-state index contributed by atoms with van der Waals surface area (Å²) >= 11 is 0. The number of nitrogens with one attached hydrogen (secondary N) is 3. The number of aromatic nitrogens is 3. The van der Waals surface area contributed by atoms with Crippen molar-refractivity contribution in [2.45, 2.75) is 0 Å². The first-order chi connectivity index (χ1) is 18.1. The lowest BCUT2D eigenvalue weighted by molar-refractivity contribution is 0.104. The number of carbonyl (C=O) groups is 2. The SMILES string of the molecule is COc1ccc(NC(=O)Nc2cccc(C(=O)c3c[nH]c4ncc(-c5cccnc5)cc34)c2)cc1OC. The Kier molecular flexibility index (Phi) is 6.50. The zero-order valence-electron chi connectivity index (χ0n) is 20.1. The maximum Gasteiger partial charge on any atom is 0.323 e. The highest BCUT2D eigenvalue weighted by atomic mass is 16.5. The summed E-state index contributed by atoms with van der Waals surface area (Å²) in [6.07, 6.45) is 6.84. The molecule has 0 saturated carbocycles. The van der Waals surface area contributed by atoms with Gasteiger partial charge >= 0.3 is 6.03 Å². The normalized spacial score (nSPS) is 10.6. The lowest BCUT2D eigenvalue weighted by Crippen LogP contribution is -2.19. The number of hydrogen-bond donors (Lipinski definition) is 3. The Morgan fingerprint density at radius 3 is 2.41 bits per heavy atom. The van der Waals surface area contributed by atoms with Crippen LogP contribution in [-0.4, -0.2) is 41.0 Å². The number of ether oxygens (including phenoxy) is 2. The van der Waals surface area contributed by atoms with E-state index in [0.29, 0.717) is 45.0 Å². The van der Waals surface area contributed by atoms with Gasteiger partial charge in [0.15, 0.2) is 17.3 Å². The average molecular weight is 494 g/mol. The zero-order chi connectivity index (χ0) is 25.8. The van der Waals surface area contributed by atoms with Gasteiger partial charge in [0, 0.05) is 69.9 Å². The molecule has 3 N–H and O–H groups in total. The fraction of sp³-hybridized carbons (Fsp3) is 0.0714. The monoisotopic (exact) mass is 493 g/mol. The molecule has 2 amide bonds. The molecule has 3 heterocycles. The van der Waals surface area contributed by atoms with E-state index >= 15 is 0 Å². The Balaban J connectivity index is 1.35. The Labute approximate surface area is 212 Å². The summed E-state index contributed by atoms with van der Waals surface area (Å²) in [5.41, 5.74) is 4.28. The molecule has 184 valence electrons. The molecule has 9 nitrogen and oxygen atoms in total. The van der Waals surface area contributed by atoms with Crippen molar-refractivity contribution in [1.29, 1.82) is 0 Å². The zero-order valence-corrected chi connectivity index (χ0v) is 20.1. The molecule has 0 radical (unpaired) electrons. The fourth-order valence-electron chi connectivity index (χ4n) is 3.98. The molecule has 3 aromatic heterocycles. The van der Waals surface area contributed by atoms with E-state index in [1.54, 1.807) is 74.4 Å². The summed E-state index contributed by atoms with van der Waals surface area (Å²) in [7, 11) is 3.06. The summed E-state index contributed by atoms with van der Waals surface area (Å²) < 4.78 is 10.5. The summed E-state index contributed by atoms with van der Waals surface area (Å²) in [5, 5.41) is 6.22. The van der Waals surface area contributed by atoms with Gasteiger partial charge in [0.05, 0.1) is 14.2 Å². The highest BCUT2D eigenvalue weighted by molar-refractivity contribution is 6.16. The van der Waals surface area contributed by atoms with Gasteiger partial charge in [0.25, 0.3) is 0 Å². The molecular weight excluding hydrogens is 470 g/mol. The minimum absolute atomic E-state index is 0.194. The van der Waals surface area contributed by atoms with Gasteiger partial charge in [0.1, 0.15) is 5.65 Å². The number of hydrogen-bond acceptors (Lipinski definition) is 6. The lowest BCUT2D eigenvalue weighted by Gasteiger charge is -2.12. The van der Waals surface area contributed by atoms with E-state index in [2.05, 4.69) is 25.6 Å². The highest BCUT2D eigenvalue weighted by Gasteiger charge is 2.17. The molecule has 2 aromatic carbocycles. The predicted molar refractivity (Wildman–Crippen MR) is 141 cm³/mol. The van der Waals surface area contributed by atoms with Crippen molar-refractivity contribution in [1.82, 2.24) is 15.0 Å². The van der Waals surface area contributed by atoms with Gasteiger partial charge in [-0.1, -0.05) is 18.2 Å². The van der Waals surface area contributed by atoms with Gasteiger partial charge in [-0.15, -0.1) is 0 Å². The second-order valence-electron chi connectivity index (χ2n) is 8.12. The van der Waals surface area contributed by atoms with E-state index < -0.39 is 6.03 Å². The standard InChI is InChI=1S/C28H23N5O4/c1-36-24-9-8-21(13-25(24)37-2)33-28(35)32-20-7-3-5-17(11-20)26(34)23-16-31-27-22(23)12-19(15-30-27)18-6-4-10-29-14-18/h3-16H,1-2H3,(H,30,31)(H2,32,33,35). The Morgan fingerprint density at radius 2 is 1.65 bits per heavy atom. The first-order valence-corrected chi connectivity index (χ1v) is 11.4. The molecule has 0 aliphatic heterocycles. The van der Waals surface area contributed by atoms with Crippen molar-refractivity contribution in [3.63, 3.8) is 0 Å². The van der Waals surface area contributed by atoms with Crippen molar-refractivity contribution < 1.29 is 19.1 Å². The number of H-pyrrole nitrogens is 1. The van der Waals surface area contributed by atoms with Crippen LogP contribution in [0.25, 0.3) is 22.2 Å². The average Bonchev–Trinajstić information content (AvgIpc) is 3.36. The van der Waals surface area contributed by atoms with Crippen LogP contribution in [0, 0.1) is 0 Å². The number of urea groups is 1. The van der Waals surface area contributed by atoms with Gasteiger partial charge in [-0.25, -0.2) is 9.78 Å². The van der Waals surface area contributed by atoms with Crippen LogP contribution in [0.15, 0.2) is 85.5 Å². The third-order valence-corrected chi connectivity index (χ3v) is 5.79. The number of aromatic amines is 1. The second-order valence-corrected chi connectivity index (χ2v) is 8.12. The highest BCUT2D eigenvalue weighted by Crippen LogP contribution is 2.30. The third kappa shape index (κ3) is 4.96. The topological polar surface area (TPSA) is 118 Å². The third-order valence-electron chi connectivity index (χ3n) is 5.79. The molecule has 0 spiro atoms. The maximum absolute atomic E-state index is 13.4. The molecule has 5 aromatic rings. The molecule has 37 heavy (non-hydrogen) atoms. The smallest absolute Gasteiger partial charge is 0.323 e. The minimum atomic E-state index is -0.464. The van der Waals surface area contributed by atoms with Gasteiger partial charge in [0.2, 0.25) is 0 Å². The Hall–Kier alpha value is -5.18. The Bertz CT molecular complexity index is 1600. The predicted octanol–water partition coefficient (Wildman–Crippen LogP) is 5.52. The molecule has 0 aliphatic rings. The van der Waals surface area contributed by atoms with Gasteiger partial charge < -0.3 is 25.1 Å². The lowest BCUT2D eigenvalue weighted by atomic mass is 10.0. The van der Waals surface area contributed by atoms with E-state index in [4.69, 9.17) is 9.47 Å². The van der Waals surface area contributed by atoms with Crippen molar-refractivity contribution in [3.8, 4) is 22.6 Å². The van der Waals surface area contributed by atoms with Crippen molar-refractivity contribution in [2.75, 3.05) is 24.9 Å². The van der Waals surface area contributed by atoms with Crippen LogP contribution < -0.4 is 20.1 Å². The van der Waals surface area contributed by atoms with E-state index in [-0.39, 0.29) is 5.78 Å². The number of benzene rings is 2. The van der Waals surface area contributed by atoms with Gasteiger partial charge in [-0.3, -0.25) is 9.78 Å². The second kappa shape index (κ2) is 10.2. The van der Waals surface area contributed by atoms with Crippen LogP contribution in [-0.2, 0) is 0 Å². The summed E-state index contributed by atoms with van der Waals surface area (Å²) in [6.45, 7) is 0. The van der Waals surface area contributed by atoms with Crippen LogP contribution >= 0.6 is 0 Å². The molecule has 0 unspecified atom stereocenters. The maximum atomic E-state index is 13.4. The van der Waals surface area contributed by atoms with Crippen LogP contribution in [0.5, 0.6) is 11.5 Å². The van der Waals surface area contributed by atoms with Gasteiger partial charge in [-0.05, 0) is 36.4 Å². The number of carbonyl (C=O) groups excluding carboxylic acids is 2. The number of nitrogens with zero attached hydrogens (tertiary/aromatic N) is 2.